The number of methoxy groups -OCH3 is 1. The molecule has 94 valence electrons. The standard InChI is InChI=1S/C9H18N2O4S/c1-10-8-7-16(13,14)6-4-11(9(8)12)3-5-15-2/h8,10H,3-7H2,1-2H3. The monoisotopic (exact) mass is 250 g/mol. The van der Waals surface area contributed by atoms with Crippen LogP contribution in [0.1, 0.15) is 0 Å². The van der Waals surface area contributed by atoms with Crippen molar-refractivity contribution < 1.29 is 17.9 Å². The predicted molar refractivity (Wildman–Crippen MR) is 60.0 cm³/mol. The van der Waals surface area contributed by atoms with Gasteiger partial charge < -0.3 is 15.0 Å². The molecule has 6 nitrogen and oxygen atoms in total. The van der Waals surface area contributed by atoms with Crippen LogP contribution < -0.4 is 5.32 Å². The van der Waals surface area contributed by atoms with E-state index < -0.39 is 15.9 Å². The van der Waals surface area contributed by atoms with E-state index >= 15 is 0 Å². The van der Waals surface area contributed by atoms with Gasteiger partial charge in [-0.3, -0.25) is 4.79 Å². The number of likely N-dealkylation sites (N-methyl/N-ethyl adjacent to an activating group) is 1. The van der Waals surface area contributed by atoms with Crippen molar-refractivity contribution in [1.29, 1.82) is 0 Å². The van der Waals surface area contributed by atoms with Crippen LogP contribution in [0, 0.1) is 0 Å². The fourth-order valence-electron chi connectivity index (χ4n) is 1.62. The highest BCUT2D eigenvalue weighted by atomic mass is 32.2. The summed E-state index contributed by atoms with van der Waals surface area (Å²) in [6.07, 6.45) is 0. The Morgan fingerprint density at radius 2 is 2.25 bits per heavy atom. The third-order valence-electron chi connectivity index (χ3n) is 2.62. The van der Waals surface area contributed by atoms with Crippen LogP contribution in [0.2, 0.25) is 0 Å². The second kappa shape index (κ2) is 5.60. The second-order valence-electron chi connectivity index (χ2n) is 3.77. The van der Waals surface area contributed by atoms with E-state index in [2.05, 4.69) is 5.32 Å². The van der Waals surface area contributed by atoms with Gasteiger partial charge in [-0.05, 0) is 7.05 Å². The highest BCUT2D eigenvalue weighted by Crippen LogP contribution is 2.07. The molecule has 1 atom stereocenters. The molecule has 1 fully saturated rings. The largest absolute Gasteiger partial charge is 0.383 e. The molecule has 16 heavy (non-hydrogen) atoms. The van der Waals surface area contributed by atoms with Crippen LogP contribution in [0.3, 0.4) is 0 Å². The minimum atomic E-state index is -3.14. The molecule has 0 bridgehead atoms. The lowest BCUT2D eigenvalue weighted by Gasteiger charge is -2.22. The van der Waals surface area contributed by atoms with Gasteiger partial charge in [0, 0.05) is 20.2 Å². The summed E-state index contributed by atoms with van der Waals surface area (Å²) in [7, 11) is 0.00817. The zero-order valence-corrected chi connectivity index (χ0v) is 10.4. The van der Waals surface area contributed by atoms with E-state index in [9.17, 15) is 13.2 Å². The lowest BCUT2D eigenvalue weighted by atomic mass is 10.3. The first kappa shape index (κ1) is 13.4. The lowest BCUT2D eigenvalue weighted by molar-refractivity contribution is -0.132. The second-order valence-corrected chi connectivity index (χ2v) is 6.00. The summed E-state index contributed by atoms with van der Waals surface area (Å²) in [5.74, 6) is -0.257. The third kappa shape index (κ3) is 3.43. The SMILES string of the molecule is CNC1CS(=O)(=O)CCN(CCOC)C1=O. The summed E-state index contributed by atoms with van der Waals surface area (Å²) < 4.78 is 28.0. The van der Waals surface area contributed by atoms with Crippen LogP contribution >= 0.6 is 0 Å². The van der Waals surface area contributed by atoms with Gasteiger partial charge in [-0.1, -0.05) is 0 Å². The molecule has 1 rings (SSSR count). The normalized spacial score (nSPS) is 25.5. The lowest BCUT2D eigenvalue weighted by Crippen LogP contribution is -2.47. The molecule has 0 saturated carbocycles. The average Bonchev–Trinajstić information content (AvgIpc) is 2.35. The molecule has 1 amide bonds. The Balaban J connectivity index is 2.77. The van der Waals surface area contributed by atoms with Crippen LogP contribution in [-0.4, -0.2) is 70.6 Å². The van der Waals surface area contributed by atoms with Crippen molar-refractivity contribution in [2.45, 2.75) is 6.04 Å². The topological polar surface area (TPSA) is 75.7 Å². The number of nitrogens with one attached hydrogen (secondary N) is 1. The van der Waals surface area contributed by atoms with Crippen molar-refractivity contribution >= 4 is 15.7 Å². The predicted octanol–water partition coefficient (Wildman–Crippen LogP) is -1.52. The zero-order valence-electron chi connectivity index (χ0n) is 9.60. The molecule has 0 radical (unpaired) electrons. The smallest absolute Gasteiger partial charge is 0.240 e. The number of sulfone groups is 1. The molecule has 0 aromatic heterocycles. The summed E-state index contributed by atoms with van der Waals surface area (Å²) in [6, 6.07) is -0.635. The molecule has 0 aromatic rings. The molecule has 1 aliphatic rings. The number of ether oxygens (including phenoxy) is 1. The molecule has 0 aliphatic carbocycles. The van der Waals surface area contributed by atoms with Crippen molar-refractivity contribution in [2.75, 3.05) is 45.4 Å². The van der Waals surface area contributed by atoms with Crippen molar-refractivity contribution in [3.63, 3.8) is 0 Å². The Kier molecular flexibility index (Phi) is 4.69. The van der Waals surface area contributed by atoms with Crippen LogP contribution in [0.5, 0.6) is 0 Å². The van der Waals surface area contributed by atoms with Crippen molar-refractivity contribution in [3.8, 4) is 0 Å². The van der Waals surface area contributed by atoms with Gasteiger partial charge in [0.05, 0.1) is 18.1 Å². The molecule has 1 aliphatic heterocycles. The fraction of sp³-hybridized carbons (Fsp3) is 0.889. The molecule has 7 heteroatoms. The Morgan fingerprint density at radius 1 is 1.56 bits per heavy atom. The summed E-state index contributed by atoms with van der Waals surface area (Å²) in [6.45, 7) is 1.11. The maximum atomic E-state index is 11.9. The van der Waals surface area contributed by atoms with Crippen LogP contribution in [0.25, 0.3) is 0 Å². The highest BCUT2D eigenvalue weighted by Gasteiger charge is 2.32. The first-order valence-corrected chi connectivity index (χ1v) is 6.97. The highest BCUT2D eigenvalue weighted by molar-refractivity contribution is 7.91. The molecule has 0 spiro atoms. The number of nitrogens with zero attached hydrogens (tertiary/aromatic N) is 1. The third-order valence-corrected chi connectivity index (χ3v) is 4.26. The van der Waals surface area contributed by atoms with E-state index in [4.69, 9.17) is 4.74 Å². The van der Waals surface area contributed by atoms with E-state index in [1.54, 1.807) is 14.2 Å². The Morgan fingerprint density at radius 3 is 2.81 bits per heavy atom. The quantitative estimate of drug-likeness (QED) is 0.655. The molecular formula is C9H18N2O4S. The van der Waals surface area contributed by atoms with Crippen LogP contribution in [0.15, 0.2) is 0 Å². The van der Waals surface area contributed by atoms with Crippen LogP contribution in [0.4, 0.5) is 0 Å². The molecule has 1 heterocycles. The number of hydrogen-bond donors (Lipinski definition) is 1. The van der Waals surface area contributed by atoms with Gasteiger partial charge in [-0.25, -0.2) is 8.42 Å². The van der Waals surface area contributed by atoms with Gasteiger partial charge in [0.25, 0.3) is 0 Å². The van der Waals surface area contributed by atoms with E-state index in [-0.39, 0.29) is 24.0 Å². The van der Waals surface area contributed by atoms with Gasteiger partial charge in [-0.15, -0.1) is 0 Å². The summed E-state index contributed by atoms with van der Waals surface area (Å²) in [4.78, 5) is 13.5. The Hall–Kier alpha value is -0.660. The molecule has 1 saturated heterocycles. The number of rotatable bonds is 4. The Labute approximate surface area is 95.9 Å². The molecule has 1 N–H and O–H groups in total. The van der Waals surface area contributed by atoms with E-state index in [1.165, 1.54) is 4.90 Å². The number of amides is 1. The van der Waals surface area contributed by atoms with E-state index in [0.29, 0.717) is 13.2 Å². The van der Waals surface area contributed by atoms with E-state index in [0.717, 1.165) is 0 Å². The summed E-state index contributed by atoms with van der Waals surface area (Å²) in [5, 5.41) is 2.74. The first-order chi connectivity index (χ1) is 7.50. The Bertz CT molecular complexity index is 341. The zero-order chi connectivity index (χ0) is 12.2. The van der Waals surface area contributed by atoms with Crippen molar-refractivity contribution in [3.05, 3.63) is 0 Å². The van der Waals surface area contributed by atoms with Gasteiger partial charge >= 0.3 is 0 Å². The number of carbonyl (C=O) groups is 1. The van der Waals surface area contributed by atoms with Gasteiger partial charge in [0.1, 0.15) is 6.04 Å². The summed E-state index contributed by atoms with van der Waals surface area (Å²) in [5.41, 5.74) is 0. The average molecular weight is 250 g/mol. The number of hydrogen-bond acceptors (Lipinski definition) is 5. The van der Waals surface area contributed by atoms with Gasteiger partial charge in [0.15, 0.2) is 9.84 Å². The summed E-state index contributed by atoms with van der Waals surface area (Å²) >= 11 is 0. The first-order valence-electron chi connectivity index (χ1n) is 5.15. The van der Waals surface area contributed by atoms with Crippen molar-refractivity contribution in [1.82, 2.24) is 10.2 Å². The number of carbonyl (C=O) groups excluding carboxylic acids is 1. The van der Waals surface area contributed by atoms with Crippen molar-refractivity contribution in [2.24, 2.45) is 0 Å². The fourth-order valence-corrected chi connectivity index (χ4v) is 3.10. The molecule has 0 aromatic carbocycles. The maximum absolute atomic E-state index is 11.9. The minimum absolute atomic E-state index is 0.0284. The minimum Gasteiger partial charge on any atom is -0.383 e. The maximum Gasteiger partial charge on any atom is 0.240 e. The van der Waals surface area contributed by atoms with E-state index in [1.807, 2.05) is 0 Å². The molecular weight excluding hydrogens is 232 g/mol. The van der Waals surface area contributed by atoms with Crippen LogP contribution in [-0.2, 0) is 19.4 Å². The van der Waals surface area contributed by atoms with Gasteiger partial charge in [0.2, 0.25) is 5.91 Å². The van der Waals surface area contributed by atoms with Gasteiger partial charge in [-0.2, -0.15) is 0 Å². The molecule has 1 unspecified atom stereocenters.